The first kappa shape index (κ1) is 17.3. The molecule has 3 aliphatic heterocycles. The van der Waals surface area contributed by atoms with E-state index in [4.69, 9.17) is 4.98 Å². The first-order chi connectivity index (χ1) is 12.5. The quantitative estimate of drug-likeness (QED) is 0.605. The lowest BCUT2D eigenvalue weighted by Gasteiger charge is -2.57. The van der Waals surface area contributed by atoms with E-state index in [0.717, 1.165) is 41.7 Å². The number of aryl methyl sites for hydroxylation is 1. The number of amides is 1. The highest BCUT2D eigenvalue weighted by atomic mass is 32.2. The molecule has 138 valence electrons. The predicted molar refractivity (Wildman–Crippen MR) is 101 cm³/mol. The molecule has 26 heavy (non-hydrogen) atoms. The molecule has 3 fully saturated rings. The van der Waals surface area contributed by atoms with Gasteiger partial charge >= 0.3 is 0 Å². The number of carbonyl (C=O) groups excluding carboxylic acids is 1. The summed E-state index contributed by atoms with van der Waals surface area (Å²) >= 11 is 1.57. The summed E-state index contributed by atoms with van der Waals surface area (Å²) in [4.78, 5) is 26.6. The largest absolute Gasteiger partial charge is 0.352 e. The highest BCUT2D eigenvalue weighted by Gasteiger charge is 2.48. The topological polar surface area (TPSA) is 67.2 Å². The van der Waals surface area contributed by atoms with Crippen LogP contribution < -0.4 is 4.90 Å². The van der Waals surface area contributed by atoms with Crippen LogP contribution in [-0.2, 0) is 4.79 Å². The Kier molecular flexibility index (Phi) is 4.38. The number of fused-ring (bicyclic) bond motifs is 2. The van der Waals surface area contributed by atoms with Gasteiger partial charge in [-0.25, -0.2) is 9.97 Å². The van der Waals surface area contributed by atoms with Crippen molar-refractivity contribution in [2.45, 2.75) is 50.5 Å². The van der Waals surface area contributed by atoms with Gasteiger partial charge in [0.2, 0.25) is 5.91 Å². The van der Waals surface area contributed by atoms with Gasteiger partial charge in [0.25, 0.3) is 0 Å². The third kappa shape index (κ3) is 2.76. The third-order valence-electron chi connectivity index (χ3n) is 5.55. The van der Waals surface area contributed by atoms with Crippen molar-refractivity contribution in [2.24, 2.45) is 0 Å². The molecule has 3 saturated heterocycles. The Balaban J connectivity index is 1.51. The van der Waals surface area contributed by atoms with Gasteiger partial charge in [0.15, 0.2) is 5.16 Å². The minimum Gasteiger partial charge on any atom is -0.352 e. The number of piperidine rings is 1. The van der Waals surface area contributed by atoms with Crippen molar-refractivity contribution < 1.29 is 4.79 Å². The summed E-state index contributed by atoms with van der Waals surface area (Å²) in [6, 6.07) is 2.11. The molecule has 0 aromatic carbocycles. The van der Waals surface area contributed by atoms with E-state index in [1.807, 2.05) is 32.4 Å². The van der Waals surface area contributed by atoms with Crippen molar-refractivity contribution in [3.05, 3.63) is 29.7 Å². The maximum atomic E-state index is 12.9. The molecule has 8 heteroatoms. The van der Waals surface area contributed by atoms with Crippen LogP contribution in [-0.4, -0.2) is 62.0 Å². The van der Waals surface area contributed by atoms with Crippen LogP contribution in [0, 0.1) is 13.8 Å². The molecule has 0 N–H and O–H groups in total. The summed E-state index contributed by atoms with van der Waals surface area (Å²) < 4.78 is 1.73. The zero-order valence-electron chi connectivity index (χ0n) is 15.6. The van der Waals surface area contributed by atoms with Gasteiger partial charge in [-0.3, -0.25) is 9.48 Å². The molecule has 2 aromatic rings. The summed E-state index contributed by atoms with van der Waals surface area (Å²) in [5.41, 5.74) is 2.16. The van der Waals surface area contributed by atoms with Gasteiger partial charge < -0.3 is 9.80 Å². The van der Waals surface area contributed by atoms with Gasteiger partial charge in [-0.1, -0.05) is 11.8 Å². The van der Waals surface area contributed by atoms with E-state index < -0.39 is 0 Å². The molecule has 7 nitrogen and oxygen atoms in total. The zero-order valence-corrected chi connectivity index (χ0v) is 16.4. The number of thioether (sulfide) groups is 1. The van der Waals surface area contributed by atoms with Gasteiger partial charge in [0.1, 0.15) is 11.9 Å². The van der Waals surface area contributed by atoms with Crippen LogP contribution >= 0.6 is 11.8 Å². The number of rotatable bonds is 4. The normalized spacial score (nSPS) is 22.9. The molecule has 5 rings (SSSR count). The van der Waals surface area contributed by atoms with Crippen LogP contribution in [0.15, 0.2) is 23.6 Å². The predicted octanol–water partition coefficient (Wildman–Crippen LogP) is 2.06. The fraction of sp³-hybridized carbons (Fsp3) is 0.556. The number of hydrogen-bond donors (Lipinski definition) is 0. The van der Waals surface area contributed by atoms with Crippen molar-refractivity contribution in [1.29, 1.82) is 0 Å². The van der Waals surface area contributed by atoms with Gasteiger partial charge in [0, 0.05) is 36.7 Å². The average molecular weight is 372 g/mol. The van der Waals surface area contributed by atoms with E-state index in [1.54, 1.807) is 22.6 Å². The minimum atomic E-state index is -0.257. The molecule has 5 heterocycles. The minimum absolute atomic E-state index is 0.162. The fourth-order valence-corrected chi connectivity index (χ4v) is 4.37. The molecule has 0 radical (unpaired) electrons. The Morgan fingerprint density at radius 2 is 2.00 bits per heavy atom. The maximum Gasteiger partial charge on any atom is 0.247 e. The fourth-order valence-electron chi connectivity index (χ4n) is 3.97. The number of nitrogens with zero attached hydrogens (tertiary/aromatic N) is 6. The van der Waals surface area contributed by atoms with E-state index in [2.05, 4.69) is 26.8 Å². The van der Waals surface area contributed by atoms with Crippen LogP contribution in [0.1, 0.15) is 30.6 Å². The molecule has 0 saturated carbocycles. The maximum absolute atomic E-state index is 12.9. The molecular formula is C18H24N6OS. The number of aromatic nitrogens is 4. The van der Waals surface area contributed by atoms with Gasteiger partial charge in [-0.05, 0) is 39.5 Å². The van der Waals surface area contributed by atoms with Crippen LogP contribution in [0.25, 0.3) is 0 Å². The van der Waals surface area contributed by atoms with Gasteiger partial charge in [-0.15, -0.1) is 0 Å². The number of piperazine rings is 1. The van der Waals surface area contributed by atoms with E-state index in [-0.39, 0.29) is 24.0 Å². The molecule has 3 unspecified atom stereocenters. The molecule has 0 spiro atoms. The van der Waals surface area contributed by atoms with Crippen molar-refractivity contribution >= 4 is 23.5 Å². The number of hydrogen-bond acceptors (Lipinski definition) is 6. The Bertz CT molecular complexity index is 811. The van der Waals surface area contributed by atoms with Gasteiger partial charge in [-0.2, -0.15) is 5.10 Å². The van der Waals surface area contributed by atoms with Crippen LogP contribution in [0.4, 0.5) is 5.82 Å². The monoisotopic (exact) mass is 372 g/mol. The number of anilines is 1. The van der Waals surface area contributed by atoms with Crippen molar-refractivity contribution in [3.8, 4) is 0 Å². The van der Waals surface area contributed by atoms with Crippen molar-refractivity contribution in [1.82, 2.24) is 24.6 Å². The first-order valence-corrected chi connectivity index (χ1v) is 10.2. The summed E-state index contributed by atoms with van der Waals surface area (Å²) in [6.45, 7) is 7.70. The lowest BCUT2D eigenvalue weighted by atomic mass is 9.86. The molecule has 0 aliphatic carbocycles. The van der Waals surface area contributed by atoms with Crippen molar-refractivity contribution in [2.75, 3.05) is 24.2 Å². The highest BCUT2D eigenvalue weighted by Crippen LogP contribution is 2.37. The Morgan fingerprint density at radius 1 is 1.27 bits per heavy atom. The zero-order chi connectivity index (χ0) is 18.4. The smallest absolute Gasteiger partial charge is 0.247 e. The highest BCUT2D eigenvalue weighted by molar-refractivity contribution is 7.98. The summed E-state index contributed by atoms with van der Waals surface area (Å²) in [7, 11) is 0. The summed E-state index contributed by atoms with van der Waals surface area (Å²) in [5.74, 6) is 1.18. The van der Waals surface area contributed by atoms with E-state index in [0.29, 0.717) is 0 Å². The standard InChI is InChI=1S/C18H24N6OS/c1-11-12(2)20-18(26-4)21-16(11)22-9-14-8-15(10-22)24(14)17(25)13(3)23-7-5-6-19-23/h5-7,13-15H,8-10H2,1-4H3. The average Bonchev–Trinajstić information content (AvgIpc) is 3.17. The first-order valence-electron chi connectivity index (χ1n) is 8.95. The van der Waals surface area contributed by atoms with Crippen molar-refractivity contribution in [3.63, 3.8) is 0 Å². The summed E-state index contributed by atoms with van der Waals surface area (Å²) in [5, 5.41) is 5.02. The van der Waals surface area contributed by atoms with E-state index in [9.17, 15) is 4.79 Å². The number of carbonyl (C=O) groups is 1. The van der Waals surface area contributed by atoms with Gasteiger partial charge in [0.05, 0.1) is 12.1 Å². The molecule has 1 amide bonds. The van der Waals surface area contributed by atoms with Crippen LogP contribution in [0.5, 0.6) is 0 Å². The van der Waals surface area contributed by atoms with Crippen LogP contribution in [0.2, 0.25) is 0 Å². The molecule has 3 aliphatic rings. The Hall–Kier alpha value is -2.09. The second-order valence-electron chi connectivity index (χ2n) is 7.10. The van der Waals surface area contributed by atoms with E-state index in [1.165, 1.54) is 0 Å². The molecule has 2 bridgehead atoms. The van der Waals surface area contributed by atoms with Crippen LogP contribution in [0.3, 0.4) is 0 Å². The Morgan fingerprint density at radius 3 is 2.62 bits per heavy atom. The Labute approximate surface area is 157 Å². The second kappa shape index (κ2) is 6.57. The molecular weight excluding hydrogens is 348 g/mol. The lowest BCUT2D eigenvalue weighted by Crippen LogP contribution is -2.71. The molecule has 2 aromatic heterocycles. The molecule has 3 atom stereocenters. The lowest BCUT2D eigenvalue weighted by molar-refractivity contribution is -0.149. The second-order valence-corrected chi connectivity index (χ2v) is 7.87. The summed E-state index contributed by atoms with van der Waals surface area (Å²) in [6.07, 6.45) is 6.64. The third-order valence-corrected chi connectivity index (χ3v) is 6.10. The van der Waals surface area contributed by atoms with E-state index >= 15 is 0 Å². The SMILES string of the molecule is CSc1nc(C)c(C)c(N2CC3CC(C2)N3C(=O)C(C)n2cccn2)n1.